The van der Waals surface area contributed by atoms with Crippen LogP contribution in [-0.2, 0) is 11.3 Å². The molecule has 0 aliphatic rings. The molecule has 158 valence electrons. The highest BCUT2D eigenvalue weighted by molar-refractivity contribution is 7.13. The molecule has 4 rings (SSSR count). The molecule has 0 bridgehead atoms. The number of nitrogens with one attached hydrogen (secondary N) is 1. The largest absolute Gasteiger partial charge is 0.486 e. The Balaban J connectivity index is 1.42. The van der Waals surface area contributed by atoms with Gasteiger partial charge >= 0.3 is 5.97 Å². The Labute approximate surface area is 181 Å². The van der Waals surface area contributed by atoms with Crippen LogP contribution >= 0.6 is 11.3 Å². The van der Waals surface area contributed by atoms with Gasteiger partial charge < -0.3 is 14.5 Å². The molecule has 4 aromatic rings. The zero-order valence-electron chi connectivity index (χ0n) is 16.8. The predicted octanol–water partition coefficient (Wildman–Crippen LogP) is 5.08. The summed E-state index contributed by atoms with van der Waals surface area (Å²) in [6.07, 6.45) is 0.673. The average molecular weight is 438 g/mol. The Morgan fingerprint density at radius 1 is 1.16 bits per heavy atom. The second kappa shape index (κ2) is 8.69. The van der Waals surface area contributed by atoms with Crippen LogP contribution in [0.5, 0.6) is 5.75 Å². The monoisotopic (exact) mass is 438 g/mol. The number of halogens is 1. The van der Waals surface area contributed by atoms with Gasteiger partial charge in [0.15, 0.2) is 6.10 Å². The molecule has 0 radical (unpaired) electrons. The summed E-state index contributed by atoms with van der Waals surface area (Å²) in [5.41, 5.74) is 1.82. The van der Waals surface area contributed by atoms with Crippen LogP contribution < -0.4 is 4.74 Å². The molecule has 2 aromatic carbocycles. The molecule has 0 fully saturated rings. The maximum absolute atomic E-state index is 13.0. The fourth-order valence-electron chi connectivity index (χ4n) is 3.14. The van der Waals surface area contributed by atoms with Crippen molar-refractivity contribution in [2.24, 2.45) is 0 Å². The van der Waals surface area contributed by atoms with Crippen molar-refractivity contribution >= 4 is 34.0 Å². The van der Waals surface area contributed by atoms with Gasteiger partial charge in [-0.15, -0.1) is 11.3 Å². The summed E-state index contributed by atoms with van der Waals surface area (Å²) >= 11 is 1.14. The van der Waals surface area contributed by atoms with Crippen LogP contribution in [0, 0.1) is 12.7 Å². The first-order valence-corrected chi connectivity index (χ1v) is 10.4. The summed E-state index contributed by atoms with van der Waals surface area (Å²) in [4.78, 5) is 33.1. The van der Waals surface area contributed by atoms with Gasteiger partial charge in [-0.05, 0) is 44.2 Å². The first-order chi connectivity index (χ1) is 14.9. The molecule has 0 amide bonds. The van der Waals surface area contributed by atoms with E-state index in [0.717, 1.165) is 22.2 Å². The molecule has 1 unspecified atom stereocenters. The van der Waals surface area contributed by atoms with E-state index in [-0.39, 0.29) is 18.2 Å². The number of nitrogens with zero attached hydrogens (tertiary/aromatic N) is 1. The van der Waals surface area contributed by atoms with Crippen molar-refractivity contribution in [2.45, 2.75) is 26.6 Å². The van der Waals surface area contributed by atoms with Gasteiger partial charge in [0.25, 0.3) is 0 Å². The van der Waals surface area contributed by atoms with Gasteiger partial charge in [0, 0.05) is 22.7 Å². The summed E-state index contributed by atoms with van der Waals surface area (Å²) in [6.45, 7) is 3.38. The van der Waals surface area contributed by atoms with E-state index in [0.29, 0.717) is 26.9 Å². The quantitative estimate of drug-likeness (QED) is 0.321. The summed E-state index contributed by atoms with van der Waals surface area (Å²) < 4.78 is 24.0. The van der Waals surface area contributed by atoms with Gasteiger partial charge in [0.2, 0.25) is 5.78 Å². The summed E-state index contributed by atoms with van der Waals surface area (Å²) in [5.74, 6) is -0.744. The number of para-hydroxylation sites is 1. The molecule has 0 saturated carbocycles. The second-order valence-corrected chi connectivity index (χ2v) is 8.01. The number of Topliss-reactive ketones (excluding diaryl/α,β-unsaturated/α-hetero) is 1. The molecule has 0 aliphatic carbocycles. The van der Waals surface area contributed by atoms with E-state index in [9.17, 15) is 14.0 Å². The number of benzene rings is 2. The van der Waals surface area contributed by atoms with E-state index in [1.165, 1.54) is 24.3 Å². The summed E-state index contributed by atoms with van der Waals surface area (Å²) in [5, 5.41) is 1.36. The van der Waals surface area contributed by atoms with Crippen LogP contribution in [0.25, 0.3) is 10.9 Å². The van der Waals surface area contributed by atoms with Crippen molar-refractivity contribution in [1.82, 2.24) is 9.97 Å². The number of carbonyl (C=O) groups excluding carboxylic acids is 2. The van der Waals surface area contributed by atoms with Crippen LogP contribution in [0.3, 0.4) is 0 Å². The SMILES string of the molecule is Cc1nc(COc2ccc(F)cc2)sc1C(=O)OC(C)C(=O)c1c[nH]c2ccccc12. The Morgan fingerprint density at radius 2 is 1.90 bits per heavy atom. The zero-order chi connectivity index (χ0) is 22.0. The lowest BCUT2D eigenvalue weighted by Gasteiger charge is -2.11. The maximum atomic E-state index is 13.0. The minimum Gasteiger partial charge on any atom is -0.486 e. The first-order valence-electron chi connectivity index (χ1n) is 9.58. The highest BCUT2D eigenvalue weighted by Gasteiger charge is 2.25. The van der Waals surface area contributed by atoms with Crippen LogP contribution in [-0.4, -0.2) is 27.8 Å². The third-order valence-electron chi connectivity index (χ3n) is 4.71. The average Bonchev–Trinajstić information content (AvgIpc) is 3.36. The van der Waals surface area contributed by atoms with Crippen molar-refractivity contribution in [1.29, 1.82) is 0 Å². The van der Waals surface area contributed by atoms with E-state index < -0.39 is 12.1 Å². The number of thiazole rings is 1. The lowest BCUT2D eigenvalue weighted by atomic mass is 10.1. The molecule has 2 heterocycles. The standard InChI is InChI=1S/C23H19FN2O4S/c1-13-22(31-20(26-13)12-29-16-9-7-15(24)8-10-16)23(28)30-14(2)21(27)18-11-25-19-6-4-3-5-17(18)19/h3-11,14,25H,12H2,1-2H3. The van der Waals surface area contributed by atoms with Gasteiger partial charge in [-0.25, -0.2) is 14.2 Å². The molecule has 0 saturated heterocycles. The molecular formula is C23H19FN2O4S. The molecule has 8 heteroatoms. The number of carbonyl (C=O) groups is 2. The Kier molecular flexibility index (Phi) is 5.81. The summed E-state index contributed by atoms with van der Waals surface area (Å²) in [6, 6.07) is 13.1. The van der Waals surface area contributed by atoms with Crippen molar-refractivity contribution in [3.63, 3.8) is 0 Å². The summed E-state index contributed by atoms with van der Waals surface area (Å²) in [7, 11) is 0. The number of aromatic amines is 1. The molecule has 0 spiro atoms. The minimum absolute atomic E-state index is 0.133. The number of rotatable bonds is 7. The van der Waals surface area contributed by atoms with E-state index in [2.05, 4.69) is 9.97 Å². The topological polar surface area (TPSA) is 81.3 Å². The van der Waals surface area contributed by atoms with Crippen LogP contribution in [0.2, 0.25) is 0 Å². The highest BCUT2D eigenvalue weighted by Crippen LogP contribution is 2.24. The fourth-order valence-corrected chi connectivity index (χ4v) is 4.00. The lowest BCUT2D eigenvalue weighted by Crippen LogP contribution is -2.24. The first kappa shape index (κ1) is 20.7. The molecular weight excluding hydrogens is 419 g/mol. The number of H-pyrrole nitrogens is 1. The Morgan fingerprint density at radius 3 is 2.68 bits per heavy atom. The number of hydrogen-bond acceptors (Lipinski definition) is 6. The number of fused-ring (bicyclic) bond motifs is 1. The van der Waals surface area contributed by atoms with Gasteiger partial charge in [0.1, 0.15) is 28.1 Å². The predicted molar refractivity (Wildman–Crippen MR) is 115 cm³/mol. The number of aryl methyl sites for hydroxylation is 1. The minimum atomic E-state index is -0.952. The van der Waals surface area contributed by atoms with Crippen LogP contribution in [0.15, 0.2) is 54.7 Å². The normalized spacial score (nSPS) is 12.0. The van der Waals surface area contributed by atoms with Crippen LogP contribution in [0.4, 0.5) is 4.39 Å². The van der Waals surface area contributed by atoms with Crippen LogP contribution in [0.1, 0.15) is 37.7 Å². The Bertz CT molecular complexity index is 1250. The molecule has 1 atom stereocenters. The fraction of sp³-hybridized carbons (Fsp3) is 0.174. The lowest BCUT2D eigenvalue weighted by molar-refractivity contribution is 0.0323. The molecule has 31 heavy (non-hydrogen) atoms. The van der Waals surface area contributed by atoms with Gasteiger partial charge in [-0.1, -0.05) is 18.2 Å². The smallest absolute Gasteiger partial charge is 0.350 e. The maximum Gasteiger partial charge on any atom is 0.350 e. The van der Waals surface area contributed by atoms with Crippen molar-refractivity contribution < 1.29 is 23.5 Å². The van der Waals surface area contributed by atoms with Crippen molar-refractivity contribution in [3.05, 3.63) is 81.7 Å². The van der Waals surface area contributed by atoms with Gasteiger partial charge in [-0.2, -0.15) is 0 Å². The molecule has 6 nitrogen and oxygen atoms in total. The van der Waals surface area contributed by atoms with Gasteiger partial charge in [0.05, 0.1) is 5.69 Å². The van der Waals surface area contributed by atoms with E-state index in [4.69, 9.17) is 9.47 Å². The number of esters is 1. The van der Waals surface area contributed by atoms with Gasteiger partial charge in [-0.3, -0.25) is 4.79 Å². The van der Waals surface area contributed by atoms with Crippen molar-refractivity contribution in [3.8, 4) is 5.75 Å². The van der Waals surface area contributed by atoms with E-state index in [1.54, 1.807) is 20.0 Å². The third kappa shape index (κ3) is 4.49. The Hall–Kier alpha value is -3.52. The van der Waals surface area contributed by atoms with Crippen molar-refractivity contribution in [2.75, 3.05) is 0 Å². The second-order valence-electron chi connectivity index (χ2n) is 6.92. The highest BCUT2D eigenvalue weighted by atomic mass is 32.1. The third-order valence-corrected chi connectivity index (χ3v) is 5.82. The zero-order valence-corrected chi connectivity index (χ0v) is 17.7. The number of ketones is 1. The van der Waals surface area contributed by atoms with E-state index in [1.807, 2.05) is 24.3 Å². The molecule has 2 aromatic heterocycles. The molecule has 0 aliphatic heterocycles. The number of hydrogen-bond donors (Lipinski definition) is 1. The van der Waals surface area contributed by atoms with E-state index >= 15 is 0 Å². The number of aromatic nitrogens is 2. The molecule has 1 N–H and O–H groups in total. The number of ether oxygens (including phenoxy) is 2.